The van der Waals surface area contributed by atoms with Crippen LogP contribution in [0.2, 0.25) is 16.6 Å². The molecule has 1 nitrogen and oxygen atoms in total. The standard InChI is InChI=1S/C25H38OSi/c1-15(2)27(16(3)4,17(5)6)11-10-26-22-13-18(7)12-21-23-19-8-9-20(14-19)24(23)25(21)22/h10-13,15-17,19-20,23-24H,8-9,14H2,1-7H3/b11-10-. The Hall–Kier alpha value is -1.02. The molecule has 0 N–H and O–H groups in total. The Morgan fingerprint density at radius 2 is 1.52 bits per heavy atom. The van der Waals surface area contributed by atoms with E-state index in [1.165, 1.54) is 24.8 Å². The highest BCUT2D eigenvalue weighted by atomic mass is 28.3. The van der Waals surface area contributed by atoms with Crippen LogP contribution in [0, 0.1) is 18.8 Å². The van der Waals surface area contributed by atoms with E-state index >= 15 is 0 Å². The van der Waals surface area contributed by atoms with Crippen LogP contribution >= 0.6 is 0 Å². The Kier molecular flexibility index (Phi) is 4.86. The van der Waals surface area contributed by atoms with Crippen molar-refractivity contribution in [1.82, 2.24) is 0 Å². The number of hydrogen-bond acceptors (Lipinski definition) is 1. The third kappa shape index (κ3) is 2.77. The van der Waals surface area contributed by atoms with Crippen LogP contribution in [0.1, 0.15) is 89.3 Å². The van der Waals surface area contributed by atoms with Crippen molar-refractivity contribution in [3.63, 3.8) is 0 Å². The molecule has 0 aromatic heterocycles. The van der Waals surface area contributed by atoms with Crippen LogP contribution in [0.4, 0.5) is 0 Å². The molecule has 0 aliphatic heterocycles. The van der Waals surface area contributed by atoms with Crippen molar-refractivity contribution in [2.45, 2.75) is 96.2 Å². The van der Waals surface area contributed by atoms with Crippen LogP contribution in [0.15, 0.2) is 24.1 Å². The second kappa shape index (κ2) is 6.79. The van der Waals surface area contributed by atoms with Gasteiger partial charge >= 0.3 is 0 Å². The lowest BCUT2D eigenvalue weighted by atomic mass is 9.61. The Morgan fingerprint density at radius 3 is 2.11 bits per heavy atom. The molecule has 0 spiro atoms. The highest BCUT2D eigenvalue weighted by Crippen LogP contribution is 2.69. The van der Waals surface area contributed by atoms with Gasteiger partial charge in [0, 0.05) is 5.56 Å². The van der Waals surface area contributed by atoms with Gasteiger partial charge in [0.25, 0.3) is 0 Å². The molecule has 4 rings (SSSR count). The number of ether oxygens (including phenoxy) is 1. The number of rotatable bonds is 6. The van der Waals surface area contributed by atoms with Gasteiger partial charge in [0.2, 0.25) is 0 Å². The van der Waals surface area contributed by atoms with E-state index in [2.05, 4.69) is 72.6 Å². The number of fused-ring (bicyclic) bond motifs is 8. The Labute approximate surface area is 167 Å². The topological polar surface area (TPSA) is 9.23 Å². The van der Waals surface area contributed by atoms with Crippen LogP contribution in [0.3, 0.4) is 0 Å². The molecule has 0 saturated heterocycles. The van der Waals surface area contributed by atoms with Crippen LogP contribution in [-0.2, 0) is 0 Å². The zero-order valence-corrected chi connectivity index (χ0v) is 19.4. The van der Waals surface area contributed by atoms with E-state index in [9.17, 15) is 0 Å². The van der Waals surface area contributed by atoms with Crippen LogP contribution in [-0.4, -0.2) is 8.07 Å². The lowest BCUT2D eigenvalue weighted by Crippen LogP contribution is -2.42. The zero-order chi connectivity index (χ0) is 19.5. The molecular weight excluding hydrogens is 344 g/mol. The van der Waals surface area contributed by atoms with Crippen molar-refractivity contribution >= 4 is 8.07 Å². The molecule has 3 aliphatic carbocycles. The minimum absolute atomic E-state index is 0.729. The summed E-state index contributed by atoms with van der Waals surface area (Å²) in [5, 5.41) is 0. The van der Waals surface area contributed by atoms with Gasteiger partial charge in [-0.1, -0.05) is 53.3 Å². The summed E-state index contributed by atoms with van der Waals surface area (Å²) in [6.07, 6.45) is 6.45. The number of aryl methyl sites for hydroxylation is 1. The van der Waals surface area contributed by atoms with Crippen molar-refractivity contribution < 1.29 is 4.74 Å². The molecule has 4 atom stereocenters. The highest BCUT2D eigenvalue weighted by molar-refractivity contribution is 6.87. The first-order valence-electron chi connectivity index (χ1n) is 11.3. The predicted octanol–water partition coefficient (Wildman–Crippen LogP) is 7.72. The molecule has 1 aromatic carbocycles. The van der Waals surface area contributed by atoms with E-state index in [0.29, 0.717) is 0 Å². The lowest BCUT2D eigenvalue weighted by molar-refractivity contribution is 0.311. The zero-order valence-electron chi connectivity index (χ0n) is 18.4. The van der Waals surface area contributed by atoms with Crippen molar-refractivity contribution in [2.75, 3.05) is 0 Å². The van der Waals surface area contributed by atoms with E-state index in [1.807, 2.05) is 0 Å². The summed E-state index contributed by atoms with van der Waals surface area (Å²) in [6, 6.07) is 4.73. The minimum atomic E-state index is -1.55. The first-order chi connectivity index (χ1) is 12.8. The molecule has 0 radical (unpaired) electrons. The van der Waals surface area contributed by atoms with Crippen molar-refractivity contribution in [3.8, 4) is 5.75 Å². The summed E-state index contributed by atoms with van der Waals surface area (Å²) in [7, 11) is -1.55. The molecule has 2 bridgehead atoms. The van der Waals surface area contributed by atoms with Crippen molar-refractivity contribution in [1.29, 1.82) is 0 Å². The van der Waals surface area contributed by atoms with Gasteiger partial charge in [-0.15, -0.1) is 0 Å². The SMILES string of the molecule is Cc1cc(O/C=C\[Si](C(C)C)(C(C)C)C(C)C)c2c(c1)C1C3CCC(C3)C21. The van der Waals surface area contributed by atoms with Gasteiger partial charge in [0.05, 0.1) is 14.3 Å². The summed E-state index contributed by atoms with van der Waals surface area (Å²) in [5.74, 6) is 4.69. The van der Waals surface area contributed by atoms with Gasteiger partial charge in [0.1, 0.15) is 5.75 Å². The summed E-state index contributed by atoms with van der Waals surface area (Å²) in [5.41, 5.74) is 9.24. The summed E-state index contributed by atoms with van der Waals surface area (Å²) >= 11 is 0. The van der Waals surface area contributed by atoms with Gasteiger partial charge in [-0.2, -0.15) is 0 Å². The van der Waals surface area contributed by atoms with Gasteiger partial charge in [-0.05, 0) is 83.7 Å². The van der Waals surface area contributed by atoms with Crippen molar-refractivity contribution in [3.05, 3.63) is 40.8 Å². The van der Waals surface area contributed by atoms with E-state index in [1.54, 1.807) is 11.1 Å². The van der Waals surface area contributed by atoms with Crippen molar-refractivity contribution in [2.24, 2.45) is 11.8 Å². The number of hydrogen-bond donors (Lipinski definition) is 0. The summed E-state index contributed by atoms with van der Waals surface area (Å²) < 4.78 is 6.43. The lowest BCUT2D eigenvalue weighted by Gasteiger charge is -2.44. The van der Waals surface area contributed by atoms with E-state index in [4.69, 9.17) is 4.74 Å². The first-order valence-corrected chi connectivity index (χ1v) is 13.6. The monoisotopic (exact) mass is 382 g/mol. The third-order valence-electron chi connectivity index (χ3n) is 8.48. The van der Waals surface area contributed by atoms with Gasteiger partial charge < -0.3 is 4.74 Å². The quantitative estimate of drug-likeness (QED) is 0.361. The molecule has 2 fully saturated rings. The Balaban J connectivity index is 1.62. The van der Waals surface area contributed by atoms with E-state index in [0.717, 1.165) is 46.0 Å². The molecule has 2 saturated carbocycles. The van der Waals surface area contributed by atoms with Crippen LogP contribution in [0.5, 0.6) is 5.75 Å². The molecule has 3 aliphatic rings. The summed E-state index contributed by atoms with van der Waals surface area (Å²) in [6.45, 7) is 16.7. The van der Waals surface area contributed by atoms with Gasteiger partial charge in [-0.3, -0.25) is 0 Å². The summed E-state index contributed by atoms with van der Waals surface area (Å²) in [4.78, 5) is 0. The minimum Gasteiger partial charge on any atom is -0.465 e. The molecule has 2 heteroatoms. The molecule has 4 unspecified atom stereocenters. The molecule has 27 heavy (non-hydrogen) atoms. The van der Waals surface area contributed by atoms with Crippen LogP contribution < -0.4 is 4.74 Å². The molecule has 0 amide bonds. The Bertz CT molecular complexity index is 723. The fourth-order valence-electron chi connectivity index (χ4n) is 7.38. The molecule has 0 heterocycles. The predicted molar refractivity (Wildman–Crippen MR) is 118 cm³/mol. The van der Waals surface area contributed by atoms with E-state index < -0.39 is 8.07 Å². The Morgan fingerprint density at radius 1 is 0.926 bits per heavy atom. The second-order valence-corrected chi connectivity index (χ2v) is 16.3. The fourth-order valence-corrected chi connectivity index (χ4v) is 12.8. The second-order valence-electron chi connectivity index (χ2n) is 10.5. The molecular formula is C25H38OSi. The molecule has 1 aromatic rings. The van der Waals surface area contributed by atoms with E-state index in [-0.39, 0.29) is 0 Å². The largest absolute Gasteiger partial charge is 0.465 e. The normalized spacial score (nSPS) is 29.0. The van der Waals surface area contributed by atoms with Crippen LogP contribution in [0.25, 0.3) is 0 Å². The maximum absolute atomic E-state index is 6.43. The van der Waals surface area contributed by atoms with Gasteiger partial charge in [0.15, 0.2) is 0 Å². The van der Waals surface area contributed by atoms with Gasteiger partial charge in [-0.25, -0.2) is 0 Å². The maximum atomic E-state index is 6.43. The maximum Gasteiger partial charge on any atom is 0.130 e. The smallest absolute Gasteiger partial charge is 0.130 e. The third-order valence-corrected chi connectivity index (χ3v) is 15.2. The highest BCUT2D eigenvalue weighted by Gasteiger charge is 2.56. The first kappa shape index (κ1) is 19.3. The average molecular weight is 383 g/mol. The fraction of sp³-hybridized carbons (Fsp3) is 0.680. The molecule has 148 valence electrons. The average Bonchev–Trinajstić information content (AvgIpc) is 3.13. The number of benzene rings is 1.